The number of aromatic hydroxyl groups is 1. The second kappa shape index (κ2) is 9.08. The Bertz CT molecular complexity index is 1210. The lowest BCUT2D eigenvalue weighted by atomic mass is 9.89. The number of aromatic nitrogens is 2. The number of hydrogen-bond donors (Lipinski definition) is 4. The number of nitrogens with zero attached hydrogens (tertiary/aromatic N) is 1. The summed E-state index contributed by atoms with van der Waals surface area (Å²) >= 11 is 0. The Labute approximate surface area is 193 Å². The molecule has 5 rings (SSSR count). The van der Waals surface area contributed by atoms with Crippen LogP contribution < -0.4 is 5.32 Å². The molecule has 2 aromatic heterocycles. The van der Waals surface area contributed by atoms with Crippen molar-refractivity contribution in [1.29, 1.82) is 0 Å². The lowest BCUT2D eigenvalue weighted by molar-refractivity contribution is 0.0374. The number of nitrogens with one attached hydrogen (secondary N) is 3. The van der Waals surface area contributed by atoms with Gasteiger partial charge in [-0.1, -0.05) is 17.7 Å². The monoisotopic (exact) mass is 448 g/mol. The van der Waals surface area contributed by atoms with Crippen molar-refractivity contribution < 1.29 is 14.6 Å². The third kappa shape index (κ3) is 4.18. The van der Waals surface area contributed by atoms with Gasteiger partial charge < -0.3 is 25.1 Å². The van der Waals surface area contributed by atoms with Crippen molar-refractivity contribution in [3.05, 3.63) is 57.9 Å². The van der Waals surface area contributed by atoms with E-state index in [-0.39, 0.29) is 11.8 Å². The number of amides is 1. The van der Waals surface area contributed by atoms with Crippen LogP contribution in [0.3, 0.4) is 0 Å². The van der Waals surface area contributed by atoms with Crippen LogP contribution in [0.25, 0.3) is 16.5 Å². The maximum Gasteiger partial charge on any atom is 0.253 e. The summed E-state index contributed by atoms with van der Waals surface area (Å²) in [5.74, 6) is 0.142. The minimum Gasteiger partial charge on any atom is -0.494 e. The molecular weight excluding hydrogens is 416 g/mol. The van der Waals surface area contributed by atoms with Crippen LogP contribution in [0.4, 0.5) is 0 Å². The number of rotatable bonds is 6. The smallest absolute Gasteiger partial charge is 0.253 e. The Kier molecular flexibility index (Phi) is 6.00. The third-order valence-corrected chi connectivity index (χ3v) is 6.77. The number of allylic oxidation sites excluding steroid dienone is 1. The van der Waals surface area contributed by atoms with Crippen molar-refractivity contribution in [3.63, 3.8) is 0 Å². The molecule has 1 aliphatic heterocycles. The summed E-state index contributed by atoms with van der Waals surface area (Å²) in [7, 11) is 0. The minimum absolute atomic E-state index is 0.0211. The number of benzene rings is 1. The van der Waals surface area contributed by atoms with Gasteiger partial charge in [-0.15, -0.1) is 0 Å². The molecule has 0 radical (unpaired) electrons. The molecule has 3 heterocycles. The molecular formula is C26H32N4O3. The number of aromatic amines is 2. The first-order valence-electron chi connectivity index (χ1n) is 11.8. The van der Waals surface area contributed by atoms with E-state index in [0.717, 1.165) is 102 Å². The SMILES string of the molecule is Cc1ccc2[nH]c(O)c(C3=CCCc4c3[nH]c(C)c4C(=O)NCCCN3CCOCC3)c2c1. The van der Waals surface area contributed by atoms with E-state index in [1.165, 1.54) is 0 Å². The standard InChI is InChI=1S/C26H32N4O3/c1-16-7-8-21-20(15-16)23(26(32)29-21)19-6-3-5-18-22(17(2)28-24(18)19)25(31)27-9-4-10-30-11-13-33-14-12-30/h6-8,15,28-29,32H,3-5,9-14H2,1-2H3,(H,27,31). The summed E-state index contributed by atoms with van der Waals surface area (Å²) in [4.78, 5) is 22.1. The summed E-state index contributed by atoms with van der Waals surface area (Å²) in [5, 5.41) is 14.9. The lowest BCUT2D eigenvalue weighted by Crippen LogP contribution is -2.38. The zero-order chi connectivity index (χ0) is 22.9. The fraction of sp³-hybridized carbons (Fsp3) is 0.423. The van der Waals surface area contributed by atoms with Gasteiger partial charge in [0.25, 0.3) is 5.91 Å². The van der Waals surface area contributed by atoms with E-state index in [1.54, 1.807) is 0 Å². The molecule has 1 fully saturated rings. The van der Waals surface area contributed by atoms with E-state index in [9.17, 15) is 9.90 Å². The molecule has 1 aliphatic carbocycles. The predicted octanol–water partition coefficient (Wildman–Crippen LogP) is 3.65. The minimum atomic E-state index is -0.0211. The number of H-pyrrole nitrogens is 2. The molecule has 1 aromatic carbocycles. The van der Waals surface area contributed by atoms with Crippen LogP contribution in [-0.4, -0.2) is 65.3 Å². The van der Waals surface area contributed by atoms with Crippen LogP contribution in [0.5, 0.6) is 5.88 Å². The van der Waals surface area contributed by atoms with E-state index in [4.69, 9.17) is 4.74 Å². The Morgan fingerprint density at radius 3 is 2.85 bits per heavy atom. The molecule has 0 atom stereocenters. The van der Waals surface area contributed by atoms with Gasteiger partial charge in [0.15, 0.2) is 5.88 Å². The molecule has 7 nitrogen and oxygen atoms in total. The second-order valence-corrected chi connectivity index (χ2v) is 9.10. The van der Waals surface area contributed by atoms with Gasteiger partial charge in [0, 0.05) is 41.8 Å². The molecule has 3 aromatic rings. The fourth-order valence-corrected chi connectivity index (χ4v) is 5.14. The Hall–Kier alpha value is -3.03. The predicted molar refractivity (Wildman–Crippen MR) is 130 cm³/mol. The lowest BCUT2D eigenvalue weighted by Gasteiger charge is -2.26. The first-order chi connectivity index (χ1) is 16.0. The van der Waals surface area contributed by atoms with Crippen molar-refractivity contribution in [2.45, 2.75) is 33.1 Å². The summed E-state index contributed by atoms with van der Waals surface area (Å²) in [6.07, 6.45) is 4.72. The highest BCUT2D eigenvalue weighted by Crippen LogP contribution is 2.41. The number of hydrogen-bond acceptors (Lipinski definition) is 4. The summed E-state index contributed by atoms with van der Waals surface area (Å²) in [6, 6.07) is 6.12. The second-order valence-electron chi connectivity index (χ2n) is 9.10. The molecule has 0 unspecified atom stereocenters. The molecule has 0 spiro atoms. The quantitative estimate of drug-likeness (QED) is 0.433. The van der Waals surface area contributed by atoms with Crippen LogP contribution in [0, 0.1) is 13.8 Å². The molecule has 174 valence electrons. The van der Waals surface area contributed by atoms with E-state index in [1.807, 2.05) is 26.0 Å². The van der Waals surface area contributed by atoms with E-state index < -0.39 is 0 Å². The summed E-state index contributed by atoms with van der Waals surface area (Å²) in [6.45, 7) is 9.15. The van der Waals surface area contributed by atoms with Crippen molar-refractivity contribution >= 4 is 22.4 Å². The largest absolute Gasteiger partial charge is 0.494 e. The Morgan fingerprint density at radius 1 is 1.21 bits per heavy atom. The van der Waals surface area contributed by atoms with Crippen LogP contribution in [-0.2, 0) is 11.2 Å². The van der Waals surface area contributed by atoms with Gasteiger partial charge in [-0.25, -0.2) is 0 Å². The molecule has 7 heteroatoms. The summed E-state index contributed by atoms with van der Waals surface area (Å²) < 4.78 is 5.39. The van der Waals surface area contributed by atoms with Gasteiger partial charge in [0.2, 0.25) is 0 Å². The molecule has 1 amide bonds. The fourth-order valence-electron chi connectivity index (χ4n) is 5.14. The van der Waals surface area contributed by atoms with Crippen LogP contribution >= 0.6 is 0 Å². The van der Waals surface area contributed by atoms with Gasteiger partial charge in [-0.3, -0.25) is 9.69 Å². The average Bonchev–Trinajstić information content (AvgIpc) is 3.32. The number of aryl methyl sites for hydroxylation is 2. The molecule has 0 bridgehead atoms. The van der Waals surface area contributed by atoms with Crippen molar-refractivity contribution in [3.8, 4) is 5.88 Å². The highest BCUT2D eigenvalue weighted by atomic mass is 16.5. The maximum absolute atomic E-state index is 13.1. The maximum atomic E-state index is 13.1. The number of carbonyl (C=O) groups is 1. The molecule has 4 N–H and O–H groups in total. The van der Waals surface area contributed by atoms with Crippen molar-refractivity contribution in [1.82, 2.24) is 20.2 Å². The first-order valence-corrected chi connectivity index (χ1v) is 11.8. The first kappa shape index (κ1) is 21.8. The highest BCUT2D eigenvalue weighted by Gasteiger charge is 2.28. The van der Waals surface area contributed by atoms with Crippen molar-refractivity contribution in [2.24, 2.45) is 0 Å². The molecule has 1 saturated heterocycles. The normalized spacial score (nSPS) is 16.6. The molecule has 33 heavy (non-hydrogen) atoms. The van der Waals surface area contributed by atoms with Gasteiger partial charge in [0.05, 0.1) is 30.0 Å². The zero-order valence-corrected chi connectivity index (χ0v) is 19.4. The van der Waals surface area contributed by atoms with Gasteiger partial charge in [0.1, 0.15) is 0 Å². The zero-order valence-electron chi connectivity index (χ0n) is 19.4. The van der Waals surface area contributed by atoms with Gasteiger partial charge >= 0.3 is 0 Å². The number of ether oxygens (including phenoxy) is 1. The van der Waals surface area contributed by atoms with Gasteiger partial charge in [-0.2, -0.15) is 0 Å². The van der Waals surface area contributed by atoms with Gasteiger partial charge in [-0.05, 0) is 57.4 Å². The van der Waals surface area contributed by atoms with Crippen LogP contribution in [0.2, 0.25) is 0 Å². The van der Waals surface area contributed by atoms with Crippen molar-refractivity contribution in [2.75, 3.05) is 39.4 Å². The number of fused-ring (bicyclic) bond motifs is 2. The van der Waals surface area contributed by atoms with Crippen LogP contribution in [0.15, 0.2) is 24.3 Å². The van der Waals surface area contributed by atoms with E-state index in [2.05, 4.69) is 32.3 Å². The Balaban J connectivity index is 1.36. The number of carbonyl (C=O) groups excluding carboxylic acids is 1. The average molecular weight is 449 g/mol. The van der Waals surface area contributed by atoms with E-state index >= 15 is 0 Å². The topological polar surface area (TPSA) is 93.4 Å². The highest BCUT2D eigenvalue weighted by molar-refractivity contribution is 6.03. The van der Waals surface area contributed by atoms with Crippen LogP contribution in [0.1, 0.15) is 51.3 Å². The van der Waals surface area contributed by atoms with E-state index in [0.29, 0.717) is 6.54 Å². The molecule has 2 aliphatic rings. The number of morpholine rings is 1. The molecule has 0 saturated carbocycles. The Morgan fingerprint density at radius 2 is 2.03 bits per heavy atom. The third-order valence-electron chi connectivity index (χ3n) is 6.77. The summed E-state index contributed by atoms with van der Waals surface area (Å²) in [5.41, 5.74) is 7.40.